The van der Waals surface area contributed by atoms with Crippen LogP contribution in [-0.4, -0.2) is 11.5 Å². The van der Waals surface area contributed by atoms with Gasteiger partial charge in [-0.3, -0.25) is 0 Å². The van der Waals surface area contributed by atoms with Crippen molar-refractivity contribution in [3.63, 3.8) is 0 Å². The Hall–Kier alpha value is 0.0900. The smallest absolute Gasteiger partial charge is 0.0110 e. The molecule has 0 unspecified atom stereocenters. The first-order valence-electron chi connectivity index (χ1n) is 12.1. The molecule has 26 heavy (non-hydrogen) atoms. The lowest BCUT2D eigenvalue weighted by Crippen LogP contribution is -1.85. The van der Waals surface area contributed by atoms with Gasteiger partial charge >= 0.3 is 0 Å². The van der Waals surface area contributed by atoms with Crippen LogP contribution in [0.15, 0.2) is 12.7 Å². The van der Waals surface area contributed by atoms with Gasteiger partial charge in [-0.1, -0.05) is 135 Å². The van der Waals surface area contributed by atoms with E-state index in [-0.39, 0.29) is 0 Å². The van der Waals surface area contributed by atoms with Crippen molar-refractivity contribution in [2.75, 3.05) is 11.5 Å². The monoisotopic (exact) mass is 382 g/mol. The van der Waals surface area contributed by atoms with Crippen LogP contribution in [0.3, 0.4) is 0 Å². The Balaban J connectivity index is 2.96. The average molecular weight is 383 g/mol. The zero-order chi connectivity index (χ0) is 19.0. The van der Waals surface area contributed by atoms with Crippen LogP contribution >= 0.6 is 11.8 Å². The van der Waals surface area contributed by atoms with Crippen LogP contribution in [0.25, 0.3) is 0 Å². The second-order valence-corrected chi connectivity index (χ2v) is 9.23. The molecule has 0 spiro atoms. The number of rotatable bonds is 23. The van der Waals surface area contributed by atoms with E-state index in [9.17, 15) is 0 Å². The molecule has 0 atom stereocenters. The predicted molar refractivity (Wildman–Crippen MR) is 126 cm³/mol. The topological polar surface area (TPSA) is 0 Å². The van der Waals surface area contributed by atoms with Crippen LogP contribution in [0.5, 0.6) is 0 Å². The van der Waals surface area contributed by atoms with Crippen molar-refractivity contribution in [3.05, 3.63) is 12.7 Å². The minimum Gasteiger partial charge on any atom is -0.158 e. The molecule has 0 radical (unpaired) electrons. The van der Waals surface area contributed by atoms with Crippen molar-refractivity contribution < 1.29 is 0 Å². The van der Waals surface area contributed by atoms with E-state index in [4.69, 9.17) is 0 Å². The van der Waals surface area contributed by atoms with Gasteiger partial charge in [-0.2, -0.15) is 11.8 Å². The fourth-order valence-electron chi connectivity index (χ4n) is 3.63. The van der Waals surface area contributed by atoms with E-state index in [1.165, 1.54) is 134 Å². The molecule has 0 aliphatic heterocycles. The van der Waals surface area contributed by atoms with Gasteiger partial charge in [0.1, 0.15) is 0 Å². The largest absolute Gasteiger partial charge is 0.158 e. The summed E-state index contributed by atoms with van der Waals surface area (Å²) in [6.07, 6.45) is 31.3. The molecule has 0 aliphatic rings. The summed E-state index contributed by atoms with van der Waals surface area (Å²) in [5, 5.41) is 0. The summed E-state index contributed by atoms with van der Waals surface area (Å²) < 4.78 is 0. The van der Waals surface area contributed by atoms with Gasteiger partial charge < -0.3 is 0 Å². The van der Waals surface area contributed by atoms with Crippen molar-refractivity contribution >= 4 is 11.8 Å². The third kappa shape index (κ3) is 24.1. The van der Waals surface area contributed by atoms with Crippen molar-refractivity contribution in [1.29, 1.82) is 0 Å². The lowest BCUT2D eigenvalue weighted by atomic mass is 10.0. The van der Waals surface area contributed by atoms with Crippen molar-refractivity contribution in [3.8, 4) is 0 Å². The van der Waals surface area contributed by atoms with Gasteiger partial charge in [0, 0.05) is 5.75 Å². The van der Waals surface area contributed by atoms with E-state index in [0.29, 0.717) is 0 Å². The minimum absolute atomic E-state index is 1.12. The minimum atomic E-state index is 1.12. The van der Waals surface area contributed by atoms with E-state index < -0.39 is 0 Å². The van der Waals surface area contributed by atoms with Crippen LogP contribution < -0.4 is 0 Å². The van der Waals surface area contributed by atoms with E-state index >= 15 is 0 Å². The molecule has 0 saturated carbocycles. The van der Waals surface area contributed by atoms with E-state index in [1.54, 1.807) is 0 Å². The highest BCUT2D eigenvalue weighted by molar-refractivity contribution is 7.99. The van der Waals surface area contributed by atoms with Gasteiger partial charge in [-0.05, 0) is 12.2 Å². The third-order valence-electron chi connectivity index (χ3n) is 5.38. The molecule has 0 amide bonds. The molecule has 0 aromatic rings. The fraction of sp³-hybridized carbons (Fsp3) is 0.920. The summed E-state index contributed by atoms with van der Waals surface area (Å²) in [4.78, 5) is 0. The summed E-state index contributed by atoms with van der Waals surface area (Å²) in [5.41, 5.74) is 0. The van der Waals surface area contributed by atoms with Crippen molar-refractivity contribution in [2.24, 2.45) is 0 Å². The predicted octanol–water partition coefficient (Wildman–Crippen LogP) is 9.73. The standard InChI is InChI=1S/C25H50S/c1-3-5-6-7-8-9-10-11-12-13-14-15-16-17-18-19-20-21-22-23-25-26-24-4-2/h4H,2-3,5-25H2,1H3. The normalized spacial score (nSPS) is 11.1. The second kappa shape index (κ2) is 25.1. The zero-order valence-electron chi connectivity index (χ0n) is 18.2. The lowest BCUT2D eigenvalue weighted by Gasteiger charge is -2.04. The summed E-state index contributed by atoms with van der Waals surface area (Å²) in [7, 11) is 0. The third-order valence-corrected chi connectivity index (χ3v) is 6.43. The average Bonchev–Trinajstić information content (AvgIpc) is 2.66. The highest BCUT2D eigenvalue weighted by Gasteiger charge is 1.95. The molecule has 0 aromatic heterocycles. The second-order valence-electron chi connectivity index (χ2n) is 8.08. The van der Waals surface area contributed by atoms with Gasteiger partial charge in [0.05, 0.1) is 0 Å². The van der Waals surface area contributed by atoms with Gasteiger partial charge in [-0.15, -0.1) is 6.58 Å². The van der Waals surface area contributed by atoms with Gasteiger partial charge in [0.2, 0.25) is 0 Å². The Kier molecular flexibility index (Phi) is 25.2. The quantitative estimate of drug-likeness (QED) is 0.125. The van der Waals surface area contributed by atoms with E-state index in [0.717, 1.165) is 5.75 Å². The van der Waals surface area contributed by atoms with Crippen molar-refractivity contribution in [1.82, 2.24) is 0 Å². The SMILES string of the molecule is C=CCSCCCCCCCCCCCCCCCCCCCCCC. The first-order valence-corrected chi connectivity index (χ1v) is 13.3. The van der Waals surface area contributed by atoms with E-state index in [1.807, 2.05) is 17.8 Å². The Morgan fingerprint density at radius 1 is 0.500 bits per heavy atom. The maximum atomic E-state index is 3.76. The molecule has 0 bridgehead atoms. The molecular formula is C25H50S. The molecule has 0 heterocycles. The molecule has 1 heteroatoms. The molecule has 156 valence electrons. The Morgan fingerprint density at radius 3 is 1.12 bits per heavy atom. The first kappa shape index (κ1) is 26.1. The molecule has 0 aliphatic carbocycles. The number of hydrogen-bond donors (Lipinski definition) is 0. The van der Waals surface area contributed by atoms with Crippen LogP contribution in [0.4, 0.5) is 0 Å². The molecule has 0 fully saturated rings. The Bertz CT molecular complexity index is 249. The summed E-state index contributed by atoms with van der Waals surface area (Å²) in [6, 6.07) is 0. The van der Waals surface area contributed by atoms with E-state index in [2.05, 4.69) is 13.5 Å². The summed E-state index contributed by atoms with van der Waals surface area (Å²) >= 11 is 2.03. The van der Waals surface area contributed by atoms with Crippen LogP contribution in [0.2, 0.25) is 0 Å². The number of hydrogen-bond acceptors (Lipinski definition) is 1. The lowest BCUT2D eigenvalue weighted by molar-refractivity contribution is 0.523. The molecule has 0 saturated heterocycles. The molecule has 0 N–H and O–H groups in total. The van der Waals surface area contributed by atoms with Gasteiger partial charge in [0.25, 0.3) is 0 Å². The highest BCUT2D eigenvalue weighted by Crippen LogP contribution is 2.15. The molecule has 0 rings (SSSR count). The molecule has 0 aromatic carbocycles. The van der Waals surface area contributed by atoms with Crippen molar-refractivity contribution in [2.45, 2.75) is 135 Å². The van der Waals surface area contributed by atoms with Gasteiger partial charge in [-0.25, -0.2) is 0 Å². The van der Waals surface area contributed by atoms with Crippen LogP contribution in [0.1, 0.15) is 135 Å². The Morgan fingerprint density at radius 2 is 0.808 bits per heavy atom. The highest BCUT2D eigenvalue weighted by atomic mass is 32.2. The Labute approximate surface area is 171 Å². The maximum Gasteiger partial charge on any atom is 0.0110 e. The number of thioether (sulfide) groups is 1. The zero-order valence-corrected chi connectivity index (χ0v) is 19.1. The molecular weight excluding hydrogens is 332 g/mol. The summed E-state index contributed by atoms with van der Waals surface area (Å²) in [5.74, 6) is 2.45. The summed E-state index contributed by atoms with van der Waals surface area (Å²) in [6.45, 7) is 6.06. The maximum absolute atomic E-state index is 3.76. The number of unbranched alkanes of at least 4 members (excludes halogenated alkanes) is 19. The molecule has 0 nitrogen and oxygen atoms in total. The van der Waals surface area contributed by atoms with Crippen LogP contribution in [-0.2, 0) is 0 Å². The van der Waals surface area contributed by atoms with Gasteiger partial charge in [0.15, 0.2) is 0 Å². The fourth-order valence-corrected chi connectivity index (χ4v) is 4.37. The van der Waals surface area contributed by atoms with Crippen LogP contribution in [0, 0.1) is 0 Å². The first-order chi connectivity index (χ1) is 12.9.